The zero-order valence-corrected chi connectivity index (χ0v) is 12.4. The van der Waals surface area contributed by atoms with E-state index in [0.29, 0.717) is 0 Å². The number of benzene rings is 1. The lowest BCUT2D eigenvalue weighted by molar-refractivity contribution is 0.646. The highest BCUT2D eigenvalue weighted by atomic mass is 15.0. The summed E-state index contributed by atoms with van der Waals surface area (Å²) in [6.07, 6.45) is 7.87. The van der Waals surface area contributed by atoms with Gasteiger partial charge in [0, 0.05) is 42.1 Å². The lowest BCUT2D eigenvalue weighted by atomic mass is 10.0. The van der Waals surface area contributed by atoms with Gasteiger partial charge in [-0.05, 0) is 42.2 Å². The highest BCUT2D eigenvalue weighted by molar-refractivity contribution is 5.84. The number of rotatable bonds is 5. The molecular formula is C18H21N3. The van der Waals surface area contributed by atoms with Crippen LogP contribution in [0.4, 0.5) is 0 Å². The topological polar surface area (TPSA) is 43.8 Å². The fraction of sp³-hybridized carbons (Fsp3) is 0.278. The molecule has 0 bridgehead atoms. The quantitative estimate of drug-likeness (QED) is 0.778. The summed E-state index contributed by atoms with van der Waals surface area (Å²) in [7, 11) is 0. The number of nitrogens with zero attached hydrogens (tertiary/aromatic N) is 2. The van der Waals surface area contributed by atoms with Gasteiger partial charge in [0.2, 0.25) is 0 Å². The zero-order chi connectivity index (χ0) is 14.7. The fourth-order valence-corrected chi connectivity index (χ4v) is 2.73. The van der Waals surface area contributed by atoms with Crippen LogP contribution in [-0.2, 0) is 13.0 Å². The molecule has 0 spiro atoms. The number of fused-ring (bicyclic) bond motifs is 1. The minimum Gasteiger partial charge on any atom is -0.343 e. The summed E-state index contributed by atoms with van der Waals surface area (Å²) in [6, 6.07) is 12.9. The Morgan fingerprint density at radius 1 is 1.14 bits per heavy atom. The van der Waals surface area contributed by atoms with E-state index in [2.05, 4.69) is 59.1 Å². The highest BCUT2D eigenvalue weighted by Gasteiger charge is 2.11. The van der Waals surface area contributed by atoms with Gasteiger partial charge in [0.15, 0.2) is 0 Å². The molecule has 21 heavy (non-hydrogen) atoms. The van der Waals surface area contributed by atoms with E-state index in [1.54, 1.807) is 0 Å². The summed E-state index contributed by atoms with van der Waals surface area (Å²) < 4.78 is 2.31. The molecule has 0 saturated heterocycles. The summed E-state index contributed by atoms with van der Waals surface area (Å²) in [5.41, 5.74) is 10.0. The average Bonchev–Trinajstić information content (AvgIpc) is 2.86. The maximum absolute atomic E-state index is 6.14. The number of hydrogen-bond acceptors (Lipinski definition) is 2. The third-order valence-corrected chi connectivity index (χ3v) is 3.98. The molecule has 3 heteroatoms. The van der Waals surface area contributed by atoms with Gasteiger partial charge in [-0.3, -0.25) is 4.98 Å². The van der Waals surface area contributed by atoms with Crippen LogP contribution in [0.5, 0.6) is 0 Å². The Bertz CT molecular complexity index is 716. The van der Waals surface area contributed by atoms with Crippen LogP contribution in [0.25, 0.3) is 10.9 Å². The first-order valence-electron chi connectivity index (χ1n) is 7.49. The first kappa shape index (κ1) is 13.8. The predicted octanol–water partition coefficient (Wildman–Crippen LogP) is 3.36. The van der Waals surface area contributed by atoms with Gasteiger partial charge in [-0.2, -0.15) is 0 Å². The van der Waals surface area contributed by atoms with Crippen LogP contribution in [0.15, 0.2) is 55.0 Å². The van der Waals surface area contributed by atoms with Crippen LogP contribution in [-0.4, -0.2) is 15.6 Å². The van der Waals surface area contributed by atoms with E-state index in [1.807, 2.05) is 12.4 Å². The largest absolute Gasteiger partial charge is 0.343 e. The van der Waals surface area contributed by atoms with Gasteiger partial charge < -0.3 is 10.3 Å². The van der Waals surface area contributed by atoms with Gasteiger partial charge in [0.05, 0.1) is 0 Å². The van der Waals surface area contributed by atoms with Crippen LogP contribution >= 0.6 is 0 Å². The molecule has 0 aliphatic carbocycles. The van der Waals surface area contributed by atoms with Crippen molar-refractivity contribution in [2.45, 2.75) is 32.4 Å². The van der Waals surface area contributed by atoms with Crippen molar-refractivity contribution in [1.29, 1.82) is 0 Å². The van der Waals surface area contributed by atoms with Crippen molar-refractivity contribution in [2.75, 3.05) is 0 Å². The van der Waals surface area contributed by atoms with E-state index in [4.69, 9.17) is 5.73 Å². The molecule has 3 nitrogen and oxygen atoms in total. The van der Waals surface area contributed by atoms with Crippen molar-refractivity contribution in [3.8, 4) is 0 Å². The van der Waals surface area contributed by atoms with Gasteiger partial charge >= 0.3 is 0 Å². The third kappa shape index (κ3) is 2.98. The lowest BCUT2D eigenvalue weighted by Crippen LogP contribution is -2.21. The molecule has 108 valence electrons. The van der Waals surface area contributed by atoms with Crippen molar-refractivity contribution in [3.63, 3.8) is 0 Å². The molecule has 0 radical (unpaired) electrons. The Morgan fingerprint density at radius 2 is 1.90 bits per heavy atom. The normalized spacial score (nSPS) is 12.7. The van der Waals surface area contributed by atoms with Crippen molar-refractivity contribution < 1.29 is 0 Å². The molecule has 1 unspecified atom stereocenters. The molecule has 0 aliphatic rings. The Balaban J connectivity index is 1.99. The summed E-state index contributed by atoms with van der Waals surface area (Å²) in [5.74, 6) is 0. The SMILES string of the molecule is CCC(N)Cc1cn(Cc2ccncc2)c2ccccc12. The molecule has 0 saturated carbocycles. The van der Waals surface area contributed by atoms with Crippen molar-refractivity contribution in [1.82, 2.24) is 9.55 Å². The average molecular weight is 279 g/mol. The Kier molecular flexibility index (Phi) is 4.02. The first-order valence-corrected chi connectivity index (χ1v) is 7.49. The molecule has 3 aromatic rings. The fourth-order valence-electron chi connectivity index (χ4n) is 2.73. The molecule has 2 N–H and O–H groups in total. The molecule has 2 aromatic heterocycles. The van der Waals surface area contributed by atoms with E-state index < -0.39 is 0 Å². The van der Waals surface area contributed by atoms with Gasteiger partial charge in [0.1, 0.15) is 0 Å². The van der Waals surface area contributed by atoms with E-state index >= 15 is 0 Å². The zero-order valence-electron chi connectivity index (χ0n) is 12.4. The van der Waals surface area contributed by atoms with Crippen LogP contribution in [0, 0.1) is 0 Å². The molecule has 0 aliphatic heterocycles. The number of nitrogens with two attached hydrogens (primary N) is 1. The summed E-state index contributed by atoms with van der Waals surface area (Å²) in [4.78, 5) is 4.08. The molecule has 0 fully saturated rings. The smallest absolute Gasteiger partial charge is 0.0486 e. The summed E-state index contributed by atoms with van der Waals surface area (Å²) >= 11 is 0. The van der Waals surface area contributed by atoms with Crippen LogP contribution in [0.1, 0.15) is 24.5 Å². The van der Waals surface area contributed by atoms with Gasteiger partial charge in [0.25, 0.3) is 0 Å². The number of aromatic nitrogens is 2. The molecule has 3 rings (SSSR count). The van der Waals surface area contributed by atoms with Crippen molar-refractivity contribution in [2.24, 2.45) is 5.73 Å². The Labute approximate surface area is 125 Å². The van der Waals surface area contributed by atoms with E-state index in [1.165, 1.54) is 22.0 Å². The molecule has 2 heterocycles. The van der Waals surface area contributed by atoms with Crippen LogP contribution < -0.4 is 5.73 Å². The molecule has 0 amide bonds. The second-order valence-electron chi connectivity index (χ2n) is 5.53. The summed E-state index contributed by atoms with van der Waals surface area (Å²) in [5, 5.41) is 1.32. The van der Waals surface area contributed by atoms with Gasteiger partial charge in [-0.1, -0.05) is 25.1 Å². The van der Waals surface area contributed by atoms with Crippen LogP contribution in [0.2, 0.25) is 0 Å². The van der Waals surface area contributed by atoms with Crippen LogP contribution in [0.3, 0.4) is 0 Å². The molecular weight excluding hydrogens is 258 g/mol. The molecule has 1 atom stereocenters. The Morgan fingerprint density at radius 3 is 2.67 bits per heavy atom. The van der Waals surface area contributed by atoms with E-state index in [9.17, 15) is 0 Å². The number of para-hydroxylation sites is 1. The maximum Gasteiger partial charge on any atom is 0.0486 e. The number of pyridine rings is 1. The second kappa shape index (κ2) is 6.10. The second-order valence-corrected chi connectivity index (χ2v) is 5.53. The van der Waals surface area contributed by atoms with E-state index in [0.717, 1.165) is 19.4 Å². The maximum atomic E-state index is 6.14. The predicted molar refractivity (Wildman–Crippen MR) is 87.2 cm³/mol. The monoisotopic (exact) mass is 279 g/mol. The standard InChI is InChI=1S/C18H21N3/c1-2-16(19)11-15-13-21(12-14-7-9-20-10-8-14)18-6-4-3-5-17(15)18/h3-10,13,16H,2,11-12,19H2,1H3. The Hall–Kier alpha value is -2.13. The minimum atomic E-state index is 0.227. The lowest BCUT2D eigenvalue weighted by Gasteiger charge is -2.06. The van der Waals surface area contributed by atoms with E-state index in [-0.39, 0.29) is 6.04 Å². The first-order chi connectivity index (χ1) is 10.3. The third-order valence-electron chi connectivity index (χ3n) is 3.98. The van der Waals surface area contributed by atoms with Gasteiger partial charge in [-0.15, -0.1) is 0 Å². The number of hydrogen-bond donors (Lipinski definition) is 1. The highest BCUT2D eigenvalue weighted by Crippen LogP contribution is 2.23. The van der Waals surface area contributed by atoms with Crippen molar-refractivity contribution in [3.05, 3.63) is 66.1 Å². The van der Waals surface area contributed by atoms with Crippen molar-refractivity contribution >= 4 is 10.9 Å². The minimum absolute atomic E-state index is 0.227. The summed E-state index contributed by atoms with van der Waals surface area (Å²) in [6.45, 7) is 3.01. The molecule has 1 aromatic carbocycles. The van der Waals surface area contributed by atoms with Gasteiger partial charge in [-0.25, -0.2) is 0 Å².